The average Bonchev–Trinajstić information content (AvgIpc) is 3.03. The molecule has 0 bridgehead atoms. The molecule has 0 radical (unpaired) electrons. The van der Waals surface area contributed by atoms with Crippen LogP contribution in [-0.4, -0.2) is 113 Å². The molecule has 47 heavy (non-hydrogen) atoms. The second-order valence-electron chi connectivity index (χ2n) is 12.5. The van der Waals surface area contributed by atoms with Crippen LogP contribution in [-0.2, 0) is 28.8 Å². The maximum Gasteiger partial charge on any atom is 0.245 e. The van der Waals surface area contributed by atoms with Crippen LogP contribution in [0.25, 0.3) is 0 Å². The van der Waals surface area contributed by atoms with Crippen LogP contribution in [0.15, 0.2) is 12.2 Å². The monoisotopic (exact) mass is 669 g/mol. The Balaban J connectivity index is 5.89. The third-order valence-electron chi connectivity index (χ3n) is 7.96. The van der Waals surface area contributed by atoms with Crippen molar-refractivity contribution in [1.29, 1.82) is 0 Å². The van der Waals surface area contributed by atoms with Crippen LogP contribution in [0.5, 0.6) is 0 Å². The number of hydrogen-bond acceptors (Lipinski definition) is 9. The molecule has 0 rings (SSSR count). The molecule has 0 saturated heterocycles. The van der Waals surface area contributed by atoms with Gasteiger partial charge in [-0.2, -0.15) is 0 Å². The number of aliphatic hydroxyl groups is 3. The molecule has 5 amide bonds. The molecule has 0 spiro atoms. The van der Waals surface area contributed by atoms with Crippen molar-refractivity contribution in [2.75, 3.05) is 26.8 Å². The fourth-order valence-electron chi connectivity index (χ4n) is 4.66. The summed E-state index contributed by atoms with van der Waals surface area (Å²) >= 11 is 0. The molecular formula is C33H59N5O9. The minimum absolute atomic E-state index is 0.0247. The molecule has 0 fully saturated rings. The van der Waals surface area contributed by atoms with Gasteiger partial charge in [0.05, 0.1) is 25.2 Å². The Morgan fingerprint density at radius 1 is 0.809 bits per heavy atom. The number of likely N-dealkylation sites (N-methyl/N-ethyl adjacent to an activating group) is 1. The number of nitrogens with one attached hydrogen (secondary N) is 4. The Morgan fingerprint density at radius 3 is 1.94 bits per heavy atom. The van der Waals surface area contributed by atoms with Gasteiger partial charge in [0.15, 0.2) is 0 Å². The second kappa shape index (κ2) is 23.0. The molecule has 14 nitrogen and oxygen atoms in total. The van der Waals surface area contributed by atoms with Gasteiger partial charge in [-0.25, -0.2) is 0 Å². The molecule has 7 atom stereocenters. The number of allylic oxidation sites excluding steroid dienone is 2. The lowest BCUT2D eigenvalue weighted by Gasteiger charge is -2.33. The van der Waals surface area contributed by atoms with Crippen molar-refractivity contribution in [2.45, 2.75) is 117 Å². The molecule has 1 unspecified atom stereocenters. The molecule has 0 aromatic heterocycles. The first-order valence-electron chi connectivity index (χ1n) is 16.6. The maximum atomic E-state index is 13.7. The highest BCUT2D eigenvalue weighted by molar-refractivity contribution is 6.03. The summed E-state index contributed by atoms with van der Waals surface area (Å²) in [6.07, 6.45) is 6.03. The Bertz CT molecular complexity index is 1050. The molecule has 0 aliphatic rings. The van der Waals surface area contributed by atoms with E-state index >= 15 is 0 Å². The van der Waals surface area contributed by atoms with E-state index in [2.05, 4.69) is 28.2 Å². The Hall–Kier alpha value is -3.36. The first-order chi connectivity index (χ1) is 22.1. The van der Waals surface area contributed by atoms with Gasteiger partial charge in [0.2, 0.25) is 29.5 Å². The van der Waals surface area contributed by atoms with Gasteiger partial charge in [-0.15, -0.1) is 0 Å². The number of nitrogens with zero attached hydrogens (tertiary/aromatic N) is 1. The topological polar surface area (TPSA) is 214 Å². The van der Waals surface area contributed by atoms with E-state index in [0.29, 0.717) is 6.42 Å². The summed E-state index contributed by atoms with van der Waals surface area (Å²) in [5.74, 6) is -5.36. The van der Waals surface area contributed by atoms with Gasteiger partial charge in [-0.05, 0) is 38.5 Å². The molecule has 270 valence electrons. The lowest BCUT2D eigenvalue weighted by Crippen LogP contribution is -2.61. The molecule has 0 aliphatic heterocycles. The summed E-state index contributed by atoms with van der Waals surface area (Å²) in [5.41, 5.74) is 0. The van der Waals surface area contributed by atoms with E-state index in [4.69, 9.17) is 5.11 Å². The maximum absolute atomic E-state index is 13.7. The third-order valence-corrected chi connectivity index (χ3v) is 7.96. The molecule has 7 N–H and O–H groups in total. The quantitative estimate of drug-likeness (QED) is 0.0448. The highest BCUT2D eigenvalue weighted by Crippen LogP contribution is 2.17. The first-order valence-corrected chi connectivity index (χ1v) is 16.6. The van der Waals surface area contributed by atoms with Crippen molar-refractivity contribution >= 4 is 35.3 Å². The fraction of sp³-hybridized carbons (Fsp3) is 0.758. The first kappa shape index (κ1) is 43.6. The largest absolute Gasteiger partial charge is 0.395 e. The van der Waals surface area contributed by atoms with Crippen molar-refractivity contribution in [2.24, 2.45) is 17.8 Å². The van der Waals surface area contributed by atoms with Crippen molar-refractivity contribution in [3.8, 4) is 0 Å². The number of aliphatic hydroxyl groups excluding tert-OH is 3. The predicted molar refractivity (Wildman–Crippen MR) is 178 cm³/mol. The number of rotatable bonds is 23. The highest BCUT2D eigenvalue weighted by Gasteiger charge is 2.37. The standard InChI is InChI=1S/C33H59N5O9/c1-9-11-12-13-14-15-26(42)22(6)33(47)38(8)25(18-20(3)4)30(44)36-27(21(5)10-2)32(46)35-24(19-40)29(43)37-28(23(7)41)31(45)34-16-17-39/h13-14,20-25,27-28,39-41H,9-12,15-19H2,1-8H3,(H,34,45)(H,35,46)(H,36,44)(H,37,43)/b14-13+/t21-,22?,23+,24+,25+,27+,28+/m1/s1. The summed E-state index contributed by atoms with van der Waals surface area (Å²) < 4.78 is 0. The normalized spacial score (nSPS) is 15.9. The van der Waals surface area contributed by atoms with Gasteiger partial charge in [-0.1, -0.05) is 66.0 Å². The van der Waals surface area contributed by atoms with Crippen molar-refractivity contribution < 1.29 is 44.1 Å². The number of amides is 5. The van der Waals surface area contributed by atoms with Gasteiger partial charge in [0, 0.05) is 20.0 Å². The van der Waals surface area contributed by atoms with Crippen molar-refractivity contribution in [3.63, 3.8) is 0 Å². The molecule has 14 heteroatoms. The van der Waals surface area contributed by atoms with E-state index in [0.717, 1.165) is 19.3 Å². The number of ketones is 1. The SMILES string of the molecule is CCCC/C=C/CC(=O)C(C)C(=O)N(C)[C@@H](CC(C)C)C(=O)N[C@H](C(=O)N[C@@H](CO)C(=O)N[C@H](C(=O)NCCO)[C@H](C)O)[C@H](C)CC. The van der Waals surface area contributed by atoms with Gasteiger partial charge < -0.3 is 41.5 Å². The lowest BCUT2D eigenvalue weighted by atomic mass is 9.95. The van der Waals surface area contributed by atoms with Crippen molar-refractivity contribution in [1.82, 2.24) is 26.2 Å². The van der Waals surface area contributed by atoms with Crippen LogP contribution in [0.2, 0.25) is 0 Å². The lowest BCUT2D eigenvalue weighted by molar-refractivity contribution is -0.146. The third kappa shape index (κ3) is 15.4. The summed E-state index contributed by atoms with van der Waals surface area (Å²) in [6, 6.07) is -5.13. The second-order valence-corrected chi connectivity index (χ2v) is 12.5. The smallest absolute Gasteiger partial charge is 0.245 e. The molecule has 0 aromatic rings. The van der Waals surface area contributed by atoms with Crippen molar-refractivity contribution in [3.05, 3.63) is 12.2 Å². The van der Waals surface area contributed by atoms with Gasteiger partial charge in [0.1, 0.15) is 30.0 Å². The van der Waals surface area contributed by atoms with Crippen LogP contribution < -0.4 is 21.3 Å². The van der Waals surface area contributed by atoms with Crippen LogP contribution in [0, 0.1) is 17.8 Å². The number of carbonyl (C=O) groups is 6. The number of hydrogen-bond donors (Lipinski definition) is 7. The molecular weight excluding hydrogens is 610 g/mol. The van der Waals surface area contributed by atoms with Crippen LogP contribution in [0.1, 0.15) is 87.0 Å². The molecule has 0 aliphatic carbocycles. The van der Waals surface area contributed by atoms with E-state index in [1.165, 1.54) is 25.8 Å². The van der Waals surface area contributed by atoms with E-state index in [1.54, 1.807) is 19.9 Å². The van der Waals surface area contributed by atoms with E-state index in [-0.39, 0.29) is 37.7 Å². The fourth-order valence-corrected chi connectivity index (χ4v) is 4.66. The Kier molecular flexibility index (Phi) is 21.4. The average molecular weight is 670 g/mol. The summed E-state index contributed by atoms with van der Waals surface area (Å²) in [5, 5.41) is 38.6. The summed E-state index contributed by atoms with van der Waals surface area (Å²) in [4.78, 5) is 79.7. The van der Waals surface area contributed by atoms with Gasteiger partial charge >= 0.3 is 0 Å². The zero-order valence-electron chi connectivity index (χ0n) is 29.4. The molecule has 0 aromatic carbocycles. The summed E-state index contributed by atoms with van der Waals surface area (Å²) in [6.45, 7) is 10.8. The van der Waals surface area contributed by atoms with E-state index in [9.17, 15) is 39.0 Å². The Labute approximate surface area is 279 Å². The Morgan fingerprint density at radius 2 is 1.43 bits per heavy atom. The zero-order chi connectivity index (χ0) is 36.3. The van der Waals surface area contributed by atoms with Crippen LogP contribution in [0.3, 0.4) is 0 Å². The van der Waals surface area contributed by atoms with Gasteiger partial charge in [-0.3, -0.25) is 28.8 Å². The van der Waals surface area contributed by atoms with E-state index in [1.807, 2.05) is 19.9 Å². The zero-order valence-corrected chi connectivity index (χ0v) is 29.4. The minimum Gasteiger partial charge on any atom is -0.395 e. The van der Waals surface area contributed by atoms with Crippen LogP contribution >= 0.6 is 0 Å². The molecule has 0 saturated carbocycles. The minimum atomic E-state index is -1.53. The number of carbonyl (C=O) groups excluding carboxylic acids is 6. The molecule has 0 heterocycles. The predicted octanol–water partition coefficient (Wildman–Crippen LogP) is 0.183. The van der Waals surface area contributed by atoms with Crippen LogP contribution in [0.4, 0.5) is 0 Å². The van der Waals surface area contributed by atoms with Gasteiger partial charge in [0.25, 0.3) is 0 Å². The number of unbranched alkanes of at least 4 members (excludes halogenated alkanes) is 2. The number of Topliss-reactive ketones (excluding diaryl/α,β-unsaturated/α-hetero) is 1. The highest BCUT2D eigenvalue weighted by atomic mass is 16.3. The van der Waals surface area contributed by atoms with E-state index < -0.39 is 78.2 Å². The summed E-state index contributed by atoms with van der Waals surface area (Å²) in [7, 11) is 1.45.